The van der Waals surface area contributed by atoms with Crippen LogP contribution in [0.3, 0.4) is 0 Å². The van der Waals surface area contributed by atoms with Gasteiger partial charge in [-0.05, 0) is 24.3 Å². The summed E-state index contributed by atoms with van der Waals surface area (Å²) < 4.78 is 0. The van der Waals surface area contributed by atoms with Gasteiger partial charge in [0.2, 0.25) is 47.3 Å². The SMILES string of the molecule is CC(C)[C@H](NC(=O)CNC(=O)[C@H](CC(N)=O)NC(=O)[C@H](CC(N)=O)NC(=O)[C@H](CCC(N)=O)NC(=O)[C@@H](N)Cc1ccccc1)C(=O)O. The Morgan fingerprint density at radius 3 is 1.67 bits per heavy atom. The van der Waals surface area contributed by atoms with Gasteiger partial charge in [-0.3, -0.25) is 38.4 Å². The van der Waals surface area contributed by atoms with Crippen LogP contribution in [0.25, 0.3) is 0 Å². The number of benzene rings is 1. The first-order valence-corrected chi connectivity index (χ1v) is 14.8. The molecular weight excluding hydrogens is 634 g/mol. The lowest BCUT2D eigenvalue weighted by Crippen LogP contribution is -2.59. The highest BCUT2D eigenvalue weighted by atomic mass is 16.4. The molecule has 0 bridgehead atoms. The van der Waals surface area contributed by atoms with Crippen molar-refractivity contribution in [1.29, 1.82) is 0 Å². The zero-order valence-electron chi connectivity index (χ0n) is 26.5. The van der Waals surface area contributed by atoms with E-state index in [1.165, 1.54) is 0 Å². The van der Waals surface area contributed by atoms with Crippen molar-refractivity contribution < 1.29 is 48.3 Å². The van der Waals surface area contributed by atoms with Gasteiger partial charge in [0.1, 0.15) is 24.2 Å². The topological polar surface area (TPSA) is 338 Å². The first-order chi connectivity index (χ1) is 22.4. The molecule has 14 N–H and O–H groups in total. The molecule has 0 saturated heterocycles. The number of aliphatic carboxylic acids is 1. The lowest BCUT2D eigenvalue weighted by Gasteiger charge is -2.25. The number of carboxylic acids is 1. The highest BCUT2D eigenvalue weighted by molar-refractivity contribution is 5.98. The molecule has 0 fully saturated rings. The van der Waals surface area contributed by atoms with E-state index in [-0.39, 0.29) is 19.3 Å². The molecule has 0 heterocycles. The van der Waals surface area contributed by atoms with Crippen LogP contribution in [-0.2, 0) is 49.6 Å². The second-order valence-electron chi connectivity index (χ2n) is 11.2. The fourth-order valence-corrected chi connectivity index (χ4v) is 4.19. The van der Waals surface area contributed by atoms with Gasteiger partial charge in [-0.15, -0.1) is 0 Å². The van der Waals surface area contributed by atoms with Crippen LogP contribution in [0.1, 0.15) is 45.1 Å². The van der Waals surface area contributed by atoms with Crippen molar-refractivity contribution in [1.82, 2.24) is 26.6 Å². The molecular formula is C29H43N9O10. The zero-order chi connectivity index (χ0) is 36.6. The lowest BCUT2D eigenvalue weighted by molar-refractivity contribution is -0.143. The van der Waals surface area contributed by atoms with Crippen molar-refractivity contribution in [2.45, 2.75) is 76.2 Å². The maximum absolute atomic E-state index is 13.2. The molecule has 264 valence electrons. The summed E-state index contributed by atoms with van der Waals surface area (Å²) in [4.78, 5) is 110. The van der Waals surface area contributed by atoms with E-state index in [2.05, 4.69) is 26.6 Å². The lowest BCUT2D eigenvalue weighted by atomic mass is 10.0. The van der Waals surface area contributed by atoms with Gasteiger partial charge < -0.3 is 54.6 Å². The van der Waals surface area contributed by atoms with Crippen LogP contribution in [0, 0.1) is 5.92 Å². The second-order valence-corrected chi connectivity index (χ2v) is 11.2. The molecule has 1 rings (SSSR count). The average molecular weight is 678 g/mol. The fourth-order valence-electron chi connectivity index (χ4n) is 4.19. The molecule has 1 aromatic carbocycles. The molecule has 19 heteroatoms. The molecule has 0 aliphatic rings. The van der Waals surface area contributed by atoms with Crippen LogP contribution in [0.15, 0.2) is 30.3 Å². The minimum atomic E-state index is -1.75. The molecule has 0 radical (unpaired) electrons. The Morgan fingerprint density at radius 1 is 0.688 bits per heavy atom. The molecule has 8 amide bonds. The summed E-state index contributed by atoms with van der Waals surface area (Å²) in [5.41, 5.74) is 22.4. The van der Waals surface area contributed by atoms with Gasteiger partial charge in [-0.2, -0.15) is 0 Å². The van der Waals surface area contributed by atoms with Crippen LogP contribution in [0.2, 0.25) is 0 Å². The predicted molar refractivity (Wildman–Crippen MR) is 167 cm³/mol. The largest absolute Gasteiger partial charge is 0.480 e. The third-order valence-electron chi connectivity index (χ3n) is 6.70. The fraction of sp³-hybridized carbons (Fsp3) is 0.483. The van der Waals surface area contributed by atoms with E-state index >= 15 is 0 Å². The van der Waals surface area contributed by atoms with Gasteiger partial charge in [0, 0.05) is 6.42 Å². The van der Waals surface area contributed by atoms with E-state index in [0.717, 1.165) is 5.56 Å². The third kappa shape index (κ3) is 15.1. The van der Waals surface area contributed by atoms with E-state index < -0.39 is 109 Å². The van der Waals surface area contributed by atoms with Crippen LogP contribution >= 0.6 is 0 Å². The van der Waals surface area contributed by atoms with Crippen LogP contribution in [0.5, 0.6) is 0 Å². The third-order valence-corrected chi connectivity index (χ3v) is 6.70. The summed E-state index contributed by atoms with van der Waals surface area (Å²) in [6.07, 6.45) is -2.16. The van der Waals surface area contributed by atoms with Gasteiger partial charge in [0.15, 0.2) is 0 Å². The number of nitrogens with one attached hydrogen (secondary N) is 5. The number of nitrogens with two attached hydrogens (primary N) is 4. The summed E-state index contributed by atoms with van der Waals surface area (Å²) in [5.74, 6) is -9.69. The van der Waals surface area contributed by atoms with Gasteiger partial charge in [-0.25, -0.2) is 4.79 Å². The van der Waals surface area contributed by atoms with Gasteiger partial charge in [0.25, 0.3) is 0 Å². The first kappa shape index (κ1) is 40.4. The number of carbonyl (C=O) groups is 9. The van der Waals surface area contributed by atoms with Crippen molar-refractivity contribution in [2.75, 3.05) is 6.54 Å². The standard InChI is InChI=1S/C29H43N9O10/c1-14(2)24(29(47)48)38-23(42)13-34-26(44)18(11-21(32)40)36-28(46)19(12-22(33)41)37-27(45)17(8-9-20(31)39)35-25(43)16(30)10-15-6-4-3-5-7-15/h3-7,14,16-19,24H,8-13,30H2,1-2H3,(H2,31,39)(H2,32,40)(H2,33,41)(H,34,44)(H,35,43)(H,36,46)(H,37,45)(H,38,42)(H,47,48)/t16-,17-,18-,19-,24-/m0/s1. The van der Waals surface area contributed by atoms with Crippen molar-refractivity contribution in [3.8, 4) is 0 Å². The summed E-state index contributed by atoms with van der Waals surface area (Å²) in [6, 6.07) is 1.43. The van der Waals surface area contributed by atoms with E-state index in [1.807, 2.05) is 0 Å². The number of hydrogen-bond donors (Lipinski definition) is 10. The van der Waals surface area contributed by atoms with E-state index in [4.69, 9.17) is 22.9 Å². The van der Waals surface area contributed by atoms with E-state index in [1.54, 1.807) is 44.2 Å². The number of primary amides is 3. The number of carbonyl (C=O) groups excluding carboxylic acids is 8. The van der Waals surface area contributed by atoms with Crippen molar-refractivity contribution in [2.24, 2.45) is 28.9 Å². The second kappa shape index (κ2) is 19.8. The molecule has 0 unspecified atom stereocenters. The summed E-state index contributed by atoms with van der Waals surface area (Å²) in [5, 5.41) is 20.4. The van der Waals surface area contributed by atoms with E-state index in [0.29, 0.717) is 0 Å². The first-order valence-electron chi connectivity index (χ1n) is 14.8. The van der Waals surface area contributed by atoms with Crippen LogP contribution < -0.4 is 49.5 Å². The maximum atomic E-state index is 13.2. The maximum Gasteiger partial charge on any atom is 0.326 e. The van der Waals surface area contributed by atoms with Gasteiger partial charge >= 0.3 is 5.97 Å². The molecule has 48 heavy (non-hydrogen) atoms. The Balaban J connectivity index is 3.07. The molecule has 1 aromatic rings. The summed E-state index contributed by atoms with van der Waals surface area (Å²) in [7, 11) is 0. The molecule has 0 aliphatic heterocycles. The number of hydrogen-bond acceptors (Lipinski definition) is 10. The smallest absolute Gasteiger partial charge is 0.326 e. The monoisotopic (exact) mass is 677 g/mol. The van der Waals surface area contributed by atoms with Crippen molar-refractivity contribution in [3.05, 3.63) is 35.9 Å². The highest BCUT2D eigenvalue weighted by Crippen LogP contribution is 2.06. The van der Waals surface area contributed by atoms with E-state index in [9.17, 15) is 48.3 Å². The Labute approximate surface area is 275 Å². The summed E-state index contributed by atoms with van der Waals surface area (Å²) in [6.45, 7) is 2.36. The quantitative estimate of drug-likeness (QED) is 0.0590. The van der Waals surface area contributed by atoms with Crippen molar-refractivity contribution in [3.63, 3.8) is 0 Å². The molecule has 0 aliphatic carbocycles. The normalized spacial score (nSPS) is 13.8. The highest BCUT2D eigenvalue weighted by Gasteiger charge is 2.32. The Morgan fingerprint density at radius 2 is 1.19 bits per heavy atom. The molecule has 0 saturated carbocycles. The zero-order valence-corrected chi connectivity index (χ0v) is 26.5. The summed E-state index contributed by atoms with van der Waals surface area (Å²) >= 11 is 0. The number of carboxylic acid groups (broad SMARTS) is 1. The molecule has 5 atom stereocenters. The minimum Gasteiger partial charge on any atom is -0.480 e. The molecule has 0 aromatic heterocycles. The van der Waals surface area contributed by atoms with Gasteiger partial charge in [-0.1, -0.05) is 44.2 Å². The molecule has 19 nitrogen and oxygen atoms in total. The minimum absolute atomic E-state index is 0.104. The Kier molecular flexibility index (Phi) is 16.7. The average Bonchev–Trinajstić information content (AvgIpc) is 2.99. The predicted octanol–water partition coefficient (Wildman–Crippen LogP) is -4.63. The van der Waals surface area contributed by atoms with Gasteiger partial charge in [0.05, 0.1) is 25.4 Å². The number of amides is 8. The van der Waals surface area contributed by atoms with Crippen LogP contribution in [0.4, 0.5) is 0 Å². The van der Waals surface area contributed by atoms with Crippen molar-refractivity contribution >= 4 is 53.2 Å². The van der Waals surface area contributed by atoms with Crippen LogP contribution in [-0.4, -0.2) is 95.1 Å². The Hall–Kier alpha value is -5.59. The number of rotatable bonds is 21. The Bertz CT molecular complexity index is 1360. The molecule has 0 spiro atoms.